The van der Waals surface area contributed by atoms with Crippen LogP contribution in [0.15, 0.2) is 66.3 Å². The molecule has 3 rings (SSSR count). The Kier molecular flexibility index (Phi) is 8.10. The van der Waals surface area contributed by atoms with E-state index in [1.54, 1.807) is 30.0 Å². The Labute approximate surface area is 184 Å². The molecule has 30 heavy (non-hydrogen) atoms. The molecule has 0 aliphatic rings. The summed E-state index contributed by atoms with van der Waals surface area (Å²) in [5.41, 5.74) is 2.68. The second-order valence-corrected chi connectivity index (χ2v) is 8.52. The highest BCUT2D eigenvalue weighted by molar-refractivity contribution is 7.99. The van der Waals surface area contributed by atoms with E-state index in [0.717, 1.165) is 11.6 Å². The highest BCUT2D eigenvalue weighted by Gasteiger charge is 2.14. The summed E-state index contributed by atoms with van der Waals surface area (Å²) in [6.07, 6.45) is 1.78. The van der Waals surface area contributed by atoms with E-state index in [4.69, 9.17) is 0 Å². The Morgan fingerprint density at radius 3 is 2.67 bits per heavy atom. The fourth-order valence-electron chi connectivity index (χ4n) is 2.67. The molecular weight excluding hydrogens is 419 g/mol. The molecule has 5 nitrogen and oxygen atoms in total. The lowest BCUT2D eigenvalue weighted by atomic mass is 10.2. The summed E-state index contributed by atoms with van der Waals surface area (Å²) in [4.78, 5) is 12.2. The first-order chi connectivity index (χ1) is 14.6. The molecule has 2 aromatic carbocycles. The van der Waals surface area contributed by atoms with Gasteiger partial charge in [-0.3, -0.25) is 4.79 Å². The van der Waals surface area contributed by atoms with Crippen LogP contribution in [0.25, 0.3) is 0 Å². The van der Waals surface area contributed by atoms with Crippen LogP contribution in [-0.2, 0) is 22.8 Å². The van der Waals surface area contributed by atoms with Crippen LogP contribution in [0.3, 0.4) is 0 Å². The van der Waals surface area contributed by atoms with Crippen molar-refractivity contribution in [3.63, 3.8) is 0 Å². The molecule has 0 radical (unpaired) electrons. The number of halogens is 1. The van der Waals surface area contributed by atoms with Crippen molar-refractivity contribution in [2.45, 2.75) is 30.1 Å². The maximum Gasteiger partial charge on any atom is 0.234 e. The first-order valence-electron chi connectivity index (χ1n) is 9.40. The van der Waals surface area contributed by atoms with Crippen LogP contribution in [0.5, 0.6) is 0 Å². The molecule has 0 aliphatic carbocycles. The molecule has 0 saturated carbocycles. The summed E-state index contributed by atoms with van der Waals surface area (Å²) in [5.74, 6) is 1.78. The molecule has 8 heteroatoms. The van der Waals surface area contributed by atoms with E-state index in [9.17, 15) is 9.18 Å². The molecule has 1 amide bonds. The van der Waals surface area contributed by atoms with Crippen LogP contribution in [0.1, 0.15) is 17.0 Å². The number of hydrogen-bond donors (Lipinski definition) is 1. The predicted octanol–water partition coefficient (Wildman–Crippen LogP) is 5.08. The lowest BCUT2D eigenvalue weighted by Crippen LogP contribution is -2.15. The Morgan fingerprint density at radius 1 is 1.17 bits per heavy atom. The number of benzene rings is 2. The molecule has 0 unspecified atom stereocenters. The summed E-state index contributed by atoms with van der Waals surface area (Å²) >= 11 is 3.03. The van der Waals surface area contributed by atoms with Crippen molar-refractivity contribution in [3.05, 3.63) is 84.0 Å². The largest absolute Gasteiger partial charge is 0.323 e. The Hall–Kier alpha value is -2.58. The molecule has 0 fully saturated rings. The van der Waals surface area contributed by atoms with Gasteiger partial charge < -0.3 is 9.88 Å². The molecule has 0 aliphatic heterocycles. The van der Waals surface area contributed by atoms with E-state index >= 15 is 0 Å². The van der Waals surface area contributed by atoms with Crippen molar-refractivity contribution in [2.75, 3.05) is 11.1 Å². The minimum atomic E-state index is -0.460. The Balaban J connectivity index is 1.56. The number of rotatable bonds is 10. The molecule has 0 spiro atoms. The lowest BCUT2D eigenvalue weighted by molar-refractivity contribution is -0.113. The molecule has 1 aromatic heterocycles. The average Bonchev–Trinajstić information content (AvgIpc) is 3.12. The van der Waals surface area contributed by atoms with Crippen LogP contribution < -0.4 is 5.32 Å². The van der Waals surface area contributed by atoms with Crippen molar-refractivity contribution in [3.8, 4) is 0 Å². The van der Waals surface area contributed by atoms with E-state index in [1.165, 1.54) is 35.0 Å². The Morgan fingerprint density at radius 2 is 1.93 bits per heavy atom. The average molecular weight is 443 g/mol. The van der Waals surface area contributed by atoms with Gasteiger partial charge >= 0.3 is 0 Å². The number of nitrogens with zero attached hydrogens (tertiary/aromatic N) is 3. The van der Waals surface area contributed by atoms with E-state index in [-0.39, 0.29) is 17.3 Å². The standard InChI is InChI=1S/C22H23FN4OS2/c1-3-12-27-20(14-29-13-17-10-8-16(2)9-11-17)25-26-22(27)30-15-21(28)24-19-7-5-4-6-18(19)23/h3-11H,1,12-15H2,2H3,(H,24,28). The zero-order valence-electron chi connectivity index (χ0n) is 16.7. The summed E-state index contributed by atoms with van der Waals surface area (Å²) < 4.78 is 15.6. The van der Waals surface area contributed by atoms with Gasteiger partial charge in [0.15, 0.2) is 5.16 Å². The van der Waals surface area contributed by atoms with Crippen molar-refractivity contribution < 1.29 is 9.18 Å². The van der Waals surface area contributed by atoms with Gasteiger partial charge in [-0.1, -0.05) is 59.8 Å². The van der Waals surface area contributed by atoms with Crippen molar-refractivity contribution in [1.29, 1.82) is 0 Å². The van der Waals surface area contributed by atoms with Gasteiger partial charge in [0.05, 0.1) is 17.2 Å². The molecular formula is C22H23FN4OS2. The van der Waals surface area contributed by atoms with Gasteiger partial charge in [0, 0.05) is 12.3 Å². The van der Waals surface area contributed by atoms with Crippen LogP contribution in [0.4, 0.5) is 10.1 Å². The summed E-state index contributed by atoms with van der Waals surface area (Å²) in [5, 5.41) is 11.7. The molecule has 0 atom stereocenters. The monoisotopic (exact) mass is 442 g/mol. The zero-order chi connectivity index (χ0) is 21.3. The zero-order valence-corrected chi connectivity index (χ0v) is 18.3. The minimum absolute atomic E-state index is 0.111. The van der Waals surface area contributed by atoms with Crippen molar-refractivity contribution >= 4 is 35.1 Å². The number of aromatic nitrogens is 3. The number of aryl methyl sites for hydroxylation is 1. The van der Waals surface area contributed by atoms with E-state index < -0.39 is 5.82 Å². The smallest absolute Gasteiger partial charge is 0.234 e. The second kappa shape index (κ2) is 11.0. The van der Waals surface area contributed by atoms with Crippen LogP contribution in [-0.4, -0.2) is 26.4 Å². The topological polar surface area (TPSA) is 59.8 Å². The molecule has 1 N–H and O–H groups in total. The maximum atomic E-state index is 13.7. The highest BCUT2D eigenvalue weighted by atomic mass is 32.2. The van der Waals surface area contributed by atoms with Gasteiger partial charge in [0.25, 0.3) is 0 Å². The minimum Gasteiger partial charge on any atom is -0.323 e. The Bertz CT molecular complexity index is 1000. The van der Waals surface area contributed by atoms with E-state index in [0.29, 0.717) is 17.5 Å². The first kappa shape index (κ1) is 22.1. The van der Waals surface area contributed by atoms with Crippen molar-refractivity contribution in [1.82, 2.24) is 14.8 Å². The van der Waals surface area contributed by atoms with E-state index in [1.807, 2.05) is 4.57 Å². The SMILES string of the molecule is C=CCn1c(CSCc2ccc(C)cc2)nnc1SCC(=O)Nc1ccccc1F. The van der Waals surface area contributed by atoms with Gasteiger partial charge in [0.2, 0.25) is 5.91 Å². The third-order valence-corrected chi connectivity index (χ3v) is 6.17. The number of allylic oxidation sites excluding steroid dienone is 1. The van der Waals surface area contributed by atoms with Gasteiger partial charge in [-0.15, -0.1) is 28.5 Å². The van der Waals surface area contributed by atoms with E-state index in [2.05, 4.69) is 53.3 Å². The van der Waals surface area contributed by atoms with Gasteiger partial charge in [-0.25, -0.2) is 4.39 Å². The summed E-state index contributed by atoms with van der Waals surface area (Å²) in [6, 6.07) is 14.6. The summed E-state index contributed by atoms with van der Waals surface area (Å²) in [7, 11) is 0. The summed E-state index contributed by atoms with van der Waals surface area (Å²) in [6.45, 7) is 6.44. The van der Waals surface area contributed by atoms with Gasteiger partial charge in [-0.2, -0.15) is 0 Å². The molecule has 0 saturated heterocycles. The maximum absolute atomic E-state index is 13.7. The second-order valence-electron chi connectivity index (χ2n) is 6.59. The number of amides is 1. The molecule has 156 valence electrons. The quantitative estimate of drug-likeness (QED) is 0.351. The number of thioether (sulfide) groups is 2. The number of carbonyl (C=O) groups is 1. The number of hydrogen-bond acceptors (Lipinski definition) is 5. The molecule has 0 bridgehead atoms. The van der Waals surface area contributed by atoms with Crippen LogP contribution in [0, 0.1) is 12.7 Å². The first-order valence-corrected chi connectivity index (χ1v) is 11.5. The third kappa shape index (κ3) is 6.21. The fraction of sp³-hybridized carbons (Fsp3) is 0.227. The third-order valence-electron chi connectivity index (χ3n) is 4.21. The van der Waals surface area contributed by atoms with Crippen LogP contribution in [0.2, 0.25) is 0 Å². The fourth-order valence-corrected chi connectivity index (χ4v) is 4.36. The lowest BCUT2D eigenvalue weighted by Gasteiger charge is -2.08. The van der Waals surface area contributed by atoms with Gasteiger partial charge in [0.1, 0.15) is 11.6 Å². The number of nitrogens with one attached hydrogen (secondary N) is 1. The highest BCUT2D eigenvalue weighted by Crippen LogP contribution is 2.22. The van der Waals surface area contributed by atoms with Crippen molar-refractivity contribution in [2.24, 2.45) is 0 Å². The predicted molar refractivity (Wildman–Crippen MR) is 122 cm³/mol. The number of carbonyl (C=O) groups excluding carboxylic acids is 1. The van der Waals surface area contributed by atoms with Crippen LogP contribution >= 0.6 is 23.5 Å². The normalized spacial score (nSPS) is 10.7. The molecule has 1 heterocycles. The number of para-hydroxylation sites is 1. The van der Waals surface area contributed by atoms with Gasteiger partial charge in [-0.05, 0) is 24.6 Å². The molecule has 3 aromatic rings. The number of anilines is 1.